The van der Waals surface area contributed by atoms with Crippen LogP contribution in [0.5, 0.6) is 0 Å². The summed E-state index contributed by atoms with van der Waals surface area (Å²) in [7, 11) is 1.38. The molecule has 0 aromatic heterocycles. The standard InChI is InChI=1S/C30H48O7/c1-6-7-9-15-22(31)18-19-24-23(16-11-8-10-14-21(2)29(32)33-5)26(35-25-17-12-13-20-34-25)28-27(24)36-30(3,4)37-28/h18-19,23-28H,2,6-17,20H2,1,3-5H3/t23-,24-,25?,26-,27+,28-/m1/s1. The maximum absolute atomic E-state index is 12.6. The minimum atomic E-state index is -0.694. The minimum Gasteiger partial charge on any atom is -0.466 e. The molecule has 0 spiro atoms. The summed E-state index contributed by atoms with van der Waals surface area (Å²) in [5.74, 6) is -0.681. The molecule has 1 aliphatic carbocycles. The second kappa shape index (κ2) is 14.6. The Labute approximate surface area is 223 Å². The SMILES string of the molecule is C=C(CCCCC[C@@H]1[C@@H](C=CC(=O)CCCCC)[C@@H]2OC(C)(C)O[C@@H]2[C@@H]1OC1CCCCO1)C(=O)OC. The molecule has 2 saturated heterocycles. The van der Waals surface area contributed by atoms with Gasteiger partial charge in [0.05, 0.1) is 19.3 Å². The summed E-state index contributed by atoms with van der Waals surface area (Å²) in [6.45, 7) is 10.6. The van der Waals surface area contributed by atoms with E-state index in [2.05, 4.69) is 19.6 Å². The van der Waals surface area contributed by atoms with Crippen LogP contribution in [0, 0.1) is 11.8 Å². The zero-order valence-corrected chi connectivity index (χ0v) is 23.4. The third kappa shape index (κ3) is 8.74. The van der Waals surface area contributed by atoms with Crippen LogP contribution < -0.4 is 0 Å². The van der Waals surface area contributed by atoms with E-state index < -0.39 is 5.79 Å². The van der Waals surface area contributed by atoms with Crippen molar-refractivity contribution in [3.8, 4) is 0 Å². The van der Waals surface area contributed by atoms with Gasteiger partial charge in [0, 0.05) is 24.5 Å². The third-order valence-electron chi connectivity index (χ3n) is 7.75. The molecule has 0 bridgehead atoms. The maximum atomic E-state index is 12.6. The summed E-state index contributed by atoms with van der Waals surface area (Å²) in [5.41, 5.74) is 0.514. The van der Waals surface area contributed by atoms with E-state index in [9.17, 15) is 9.59 Å². The molecule has 7 nitrogen and oxygen atoms in total. The summed E-state index contributed by atoms with van der Waals surface area (Å²) < 4.78 is 30.1. The third-order valence-corrected chi connectivity index (χ3v) is 7.75. The van der Waals surface area contributed by atoms with Crippen molar-refractivity contribution < 1.29 is 33.3 Å². The van der Waals surface area contributed by atoms with E-state index in [0.29, 0.717) is 18.4 Å². The molecule has 2 heterocycles. The van der Waals surface area contributed by atoms with Crippen molar-refractivity contribution in [2.24, 2.45) is 11.8 Å². The quantitative estimate of drug-likeness (QED) is 0.148. The number of rotatable bonds is 15. The number of hydrogen-bond donors (Lipinski definition) is 0. The van der Waals surface area contributed by atoms with Gasteiger partial charge in [-0.1, -0.05) is 45.3 Å². The van der Waals surface area contributed by atoms with Crippen LogP contribution in [0.2, 0.25) is 0 Å². The fourth-order valence-electron chi connectivity index (χ4n) is 5.85. The zero-order valence-electron chi connectivity index (χ0n) is 23.4. The van der Waals surface area contributed by atoms with Gasteiger partial charge in [0.15, 0.2) is 17.9 Å². The molecular weight excluding hydrogens is 472 g/mol. The fraction of sp³-hybridized carbons (Fsp3) is 0.800. The lowest BCUT2D eigenvalue weighted by atomic mass is 9.87. The lowest BCUT2D eigenvalue weighted by Crippen LogP contribution is -2.39. The van der Waals surface area contributed by atoms with E-state index in [1.807, 2.05) is 13.8 Å². The molecule has 2 aliphatic heterocycles. The Balaban J connectivity index is 1.70. The number of hydrogen-bond acceptors (Lipinski definition) is 7. The average Bonchev–Trinajstić information content (AvgIpc) is 3.32. The zero-order chi connectivity index (χ0) is 26.8. The van der Waals surface area contributed by atoms with Crippen LogP contribution in [0.25, 0.3) is 0 Å². The van der Waals surface area contributed by atoms with Crippen molar-refractivity contribution in [1.29, 1.82) is 0 Å². The fourth-order valence-corrected chi connectivity index (χ4v) is 5.85. The van der Waals surface area contributed by atoms with Gasteiger partial charge < -0.3 is 23.7 Å². The normalized spacial score (nSPS) is 30.9. The number of carbonyl (C=O) groups excluding carboxylic acids is 2. The molecule has 0 N–H and O–H groups in total. The lowest BCUT2D eigenvalue weighted by molar-refractivity contribution is -0.230. The van der Waals surface area contributed by atoms with Crippen molar-refractivity contribution in [1.82, 2.24) is 0 Å². The summed E-state index contributed by atoms with van der Waals surface area (Å²) in [6, 6.07) is 0. The van der Waals surface area contributed by atoms with Gasteiger partial charge in [0.1, 0.15) is 6.10 Å². The van der Waals surface area contributed by atoms with Crippen LogP contribution in [0.4, 0.5) is 0 Å². The Morgan fingerprint density at radius 2 is 1.78 bits per heavy atom. The van der Waals surface area contributed by atoms with Gasteiger partial charge in [-0.15, -0.1) is 0 Å². The maximum Gasteiger partial charge on any atom is 0.333 e. The minimum absolute atomic E-state index is 0.0283. The highest BCUT2D eigenvalue weighted by Gasteiger charge is 2.58. The van der Waals surface area contributed by atoms with Gasteiger partial charge >= 0.3 is 5.97 Å². The predicted molar refractivity (Wildman–Crippen MR) is 142 cm³/mol. The molecule has 3 rings (SSSR count). The highest BCUT2D eigenvalue weighted by molar-refractivity contribution is 5.89. The number of unbranched alkanes of at least 4 members (excludes halogenated alkanes) is 4. The van der Waals surface area contributed by atoms with E-state index in [4.69, 9.17) is 23.7 Å². The molecule has 37 heavy (non-hydrogen) atoms. The summed E-state index contributed by atoms with van der Waals surface area (Å²) in [6.07, 6.45) is 14.2. The van der Waals surface area contributed by atoms with E-state index in [-0.39, 0.29) is 48.2 Å². The monoisotopic (exact) mass is 520 g/mol. The van der Waals surface area contributed by atoms with Gasteiger partial charge in [0.25, 0.3) is 0 Å². The number of ether oxygens (including phenoxy) is 5. The number of fused-ring (bicyclic) bond motifs is 1. The van der Waals surface area contributed by atoms with Crippen LogP contribution in [0.1, 0.15) is 97.8 Å². The van der Waals surface area contributed by atoms with Crippen molar-refractivity contribution in [2.75, 3.05) is 13.7 Å². The molecule has 1 unspecified atom stereocenters. The van der Waals surface area contributed by atoms with Crippen molar-refractivity contribution >= 4 is 11.8 Å². The molecule has 0 radical (unpaired) electrons. The van der Waals surface area contributed by atoms with Gasteiger partial charge in [-0.3, -0.25) is 4.79 Å². The van der Waals surface area contributed by atoms with Crippen LogP contribution in [0.15, 0.2) is 24.3 Å². The molecular formula is C30H48O7. The summed E-state index contributed by atoms with van der Waals surface area (Å²) in [4.78, 5) is 24.2. The Bertz CT molecular complexity index is 783. The van der Waals surface area contributed by atoms with Gasteiger partial charge in [-0.2, -0.15) is 0 Å². The predicted octanol–water partition coefficient (Wildman–Crippen LogP) is 6.05. The number of methoxy groups -OCH3 is 1. The number of esters is 1. The first-order chi connectivity index (χ1) is 17.8. The molecule has 0 amide bonds. The number of ketones is 1. The Morgan fingerprint density at radius 1 is 1.03 bits per heavy atom. The molecule has 3 aliphatic rings. The van der Waals surface area contributed by atoms with Gasteiger partial charge in [-0.05, 0) is 70.8 Å². The van der Waals surface area contributed by atoms with Crippen LogP contribution in [-0.4, -0.2) is 55.9 Å². The highest BCUT2D eigenvalue weighted by Crippen LogP contribution is 2.49. The van der Waals surface area contributed by atoms with Crippen molar-refractivity contribution in [3.63, 3.8) is 0 Å². The summed E-state index contributed by atoms with van der Waals surface area (Å²) >= 11 is 0. The molecule has 210 valence electrons. The van der Waals surface area contributed by atoms with Gasteiger partial charge in [-0.25, -0.2) is 4.79 Å². The second-order valence-electron chi connectivity index (χ2n) is 11.2. The summed E-state index contributed by atoms with van der Waals surface area (Å²) in [5, 5.41) is 0. The van der Waals surface area contributed by atoms with E-state index >= 15 is 0 Å². The lowest BCUT2D eigenvalue weighted by Gasteiger charge is -2.33. The number of carbonyl (C=O) groups is 2. The Morgan fingerprint density at radius 3 is 2.49 bits per heavy atom. The van der Waals surface area contributed by atoms with Crippen molar-refractivity contribution in [3.05, 3.63) is 24.3 Å². The average molecular weight is 521 g/mol. The molecule has 0 aromatic carbocycles. The largest absolute Gasteiger partial charge is 0.466 e. The van der Waals surface area contributed by atoms with E-state index in [1.165, 1.54) is 7.11 Å². The van der Waals surface area contributed by atoms with Crippen LogP contribution in [-0.2, 0) is 33.3 Å². The van der Waals surface area contributed by atoms with E-state index in [1.54, 1.807) is 6.08 Å². The smallest absolute Gasteiger partial charge is 0.333 e. The first-order valence-electron chi connectivity index (χ1n) is 14.4. The molecule has 7 heteroatoms. The topological polar surface area (TPSA) is 80.3 Å². The Hall–Kier alpha value is -1.54. The molecule has 1 saturated carbocycles. The Kier molecular flexibility index (Phi) is 11.8. The highest BCUT2D eigenvalue weighted by atomic mass is 16.8. The van der Waals surface area contributed by atoms with Crippen molar-refractivity contribution in [2.45, 2.75) is 128 Å². The second-order valence-corrected chi connectivity index (χ2v) is 11.2. The van der Waals surface area contributed by atoms with Crippen LogP contribution in [0.3, 0.4) is 0 Å². The van der Waals surface area contributed by atoms with Crippen LogP contribution >= 0.6 is 0 Å². The first kappa shape index (κ1) is 30.0. The first-order valence-corrected chi connectivity index (χ1v) is 14.4. The van der Waals surface area contributed by atoms with Gasteiger partial charge in [0.2, 0.25) is 0 Å². The molecule has 3 fully saturated rings. The molecule has 6 atom stereocenters. The molecule has 0 aromatic rings. The number of allylic oxidation sites excluding steroid dienone is 1. The van der Waals surface area contributed by atoms with E-state index in [0.717, 1.165) is 70.8 Å².